The number of hydrogen-bond acceptors (Lipinski definition) is 9. The van der Waals surface area contributed by atoms with Gasteiger partial charge in [0.15, 0.2) is 6.10 Å². The number of aryl methyl sites for hydroxylation is 1. The van der Waals surface area contributed by atoms with Crippen LogP contribution in [0.1, 0.15) is 75.9 Å². The lowest BCUT2D eigenvalue weighted by Gasteiger charge is -2.41. The van der Waals surface area contributed by atoms with Gasteiger partial charge >= 0.3 is 5.97 Å². The van der Waals surface area contributed by atoms with Crippen molar-refractivity contribution in [2.75, 3.05) is 60.6 Å². The number of rotatable bonds is 7. The van der Waals surface area contributed by atoms with E-state index in [0.717, 1.165) is 100 Å². The number of hydrogen-bond donors (Lipinski definition) is 1. The minimum absolute atomic E-state index is 0.246. The van der Waals surface area contributed by atoms with Crippen LogP contribution in [0.15, 0.2) is 36.7 Å². The van der Waals surface area contributed by atoms with Gasteiger partial charge in [-0.2, -0.15) is 4.98 Å². The molecule has 10 nitrogen and oxygen atoms in total. The monoisotopic (exact) mass is 628 g/mol. The quantitative estimate of drug-likeness (QED) is 0.345. The maximum absolute atomic E-state index is 12.8. The highest BCUT2D eigenvalue weighted by molar-refractivity contribution is 5.86. The lowest BCUT2D eigenvalue weighted by atomic mass is 9.82. The number of morpholine rings is 1. The maximum Gasteiger partial charge on any atom is 0.337 e. The van der Waals surface area contributed by atoms with Crippen LogP contribution in [0, 0.1) is 12.3 Å². The number of carbonyl (C=O) groups is 1. The molecule has 1 aromatic carbocycles. The van der Waals surface area contributed by atoms with Crippen LogP contribution in [0.2, 0.25) is 0 Å². The molecule has 5 heterocycles. The Hall–Kier alpha value is -3.76. The first kappa shape index (κ1) is 32.2. The van der Waals surface area contributed by atoms with E-state index in [1.165, 1.54) is 11.1 Å². The van der Waals surface area contributed by atoms with Crippen LogP contribution in [-0.2, 0) is 27.2 Å². The largest absolute Gasteiger partial charge is 0.479 e. The molecule has 6 rings (SSSR count). The van der Waals surface area contributed by atoms with Crippen LogP contribution in [0.5, 0.6) is 0 Å². The number of aliphatic carboxylic acids is 1. The highest BCUT2D eigenvalue weighted by atomic mass is 16.5. The molecule has 0 spiro atoms. The Labute approximate surface area is 272 Å². The molecule has 1 atom stereocenters. The van der Waals surface area contributed by atoms with Crippen molar-refractivity contribution in [2.24, 2.45) is 5.41 Å². The standard InChI is InChI=1S/C36H48N6O4/c1-24-30(32(33(43)44)46-35(2,3)4)31(41-15-11-36(5,6)12-16-41)28(22-38-24)26-7-8-27-23-42(14-10-25(27)21-26)34-37-13-9-29(39-34)40-17-19-45-20-18-40/h7-9,13,21-22,32H,10-12,14-20,23H2,1-6H3,(H,43,44). The fourth-order valence-corrected chi connectivity index (χ4v) is 6.75. The number of fused-ring (bicyclic) bond motifs is 1. The van der Waals surface area contributed by atoms with Crippen molar-refractivity contribution in [3.05, 3.63) is 59.0 Å². The van der Waals surface area contributed by atoms with Crippen LogP contribution in [-0.4, -0.2) is 77.6 Å². The number of pyridine rings is 1. The van der Waals surface area contributed by atoms with Crippen molar-refractivity contribution in [1.82, 2.24) is 15.0 Å². The third-order valence-corrected chi connectivity index (χ3v) is 9.45. The minimum Gasteiger partial charge on any atom is -0.479 e. The number of nitrogens with zero attached hydrogens (tertiary/aromatic N) is 6. The molecule has 0 saturated carbocycles. The van der Waals surface area contributed by atoms with E-state index in [9.17, 15) is 9.90 Å². The van der Waals surface area contributed by atoms with E-state index in [2.05, 4.69) is 51.7 Å². The Morgan fingerprint density at radius 2 is 1.72 bits per heavy atom. The van der Waals surface area contributed by atoms with E-state index >= 15 is 0 Å². The van der Waals surface area contributed by atoms with Crippen LogP contribution in [0.4, 0.5) is 17.5 Å². The topological polar surface area (TPSA) is 104 Å². The summed E-state index contributed by atoms with van der Waals surface area (Å²) in [7, 11) is 0. The van der Waals surface area contributed by atoms with Gasteiger partial charge in [0.1, 0.15) is 5.82 Å². The minimum atomic E-state index is -1.13. The van der Waals surface area contributed by atoms with Crippen molar-refractivity contribution >= 4 is 23.4 Å². The zero-order chi connectivity index (χ0) is 32.6. The summed E-state index contributed by atoms with van der Waals surface area (Å²) in [6.07, 6.45) is 5.56. The summed E-state index contributed by atoms with van der Waals surface area (Å²) in [5.74, 6) is 0.696. The maximum atomic E-state index is 12.8. The first-order valence-electron chi connectivity index (χ1n) is 16.6. The highest BCUT2D eigenvalue weighted by Crippen LogP contribution is 2.44. The molecule has 246 valence electrons. The summed E-state index contributed by atoms with van der Waals surface area (Å²) in [6.45, 7) is 18.6. The Balaban J connectivity index is 1.34. The summed E-state index contributed by atoms with van der Waals surface area (Å²) in [6, 6.07) is 8.60. The molecule has 3 aromatic rings. The lowest BCUT2D eigenvalue weighted by Crippen LogP contribution is -2.39. The van der Waals surface area contributed by atoms with E-state index in [1.54, 1.807) is 0 Å². The van der Waals surface area contributed by atoms with E-state index in [-0.39, 0.29) is 5.41 Å². The smallest absolute Gasteiger partial charge is 0.337 e. The third kappa shape index (κ3) is 6.98. The first-order chi connectivity index (χ1) is 21.9. The van der Waals surface area contributed by atoms with Gasteiger partial charge in [0.2, 0.25) is 5.95 Å². The predicted molar refractivity (Wildman–Crippen MR) is 181 cm³/mol. The van der Waals surface area contributed by atoms with Crippen molar-refractivity contribution < 1.29 is 19.4 Å². The zero-order valence-corrected chi connectivity index (χ0v) is 28.2. The molecule has 3 aliphatic rings. The molecule has 10 heteroatoms. The van der Waals surface area contributed by atoms with E-state index < -0.39 is 17.7 Å². The van der Waals surface area contributed by atoms with E-state index in [4.69, 9.17) is 19.4 Å². The van der Waals surface area contributed by atoms with Crippen molar-refractivity contribution in [2.45, 2.75) is 79.1 Å². The SMILES string of the molecule is Cc1ncc(-c2ccc3c(c2)CCN(c2nccc(N4CCOCC4)n2)C3)c(N2CCC(C)(C)CC2)c1C(OC(C)(C)C)C(=O)O. The molecule has 1 unspecified atom stereocenters. The summed E-state index contributed by atoms with van der Waals surface area (Å²) in [5, 5.41) is 10.5. The Morgan fingerprint density at radius 1 is 0.978 bits per heavy atom. The second-order valence-corrected chi connectivity index (χ2v) is 14.6. The van der Waals surface area contributed by atoms with Crippen molar-refractivity contribution in [3.63, 3.8) is 0 Å². The summed E-state index contributed by atoms with van der Waals surface area (Å²) < 4.78 is 11.7. The molecule has 0 aliphatic carbocycles. The van der Waals surface area contributed by atoms with Gasteiger partial charge < -0.3 is 29.3 Å². The predicted octanol–water partition coefficient (Wildman–Crippen LogP) is 5.81. The molecule has 46 heavy (non-hydrogen) atoms. The second kappa shape index (κ2) is 12.8. The lowest BCUT2D eigenvalue weighted by molar-refractivity contribution is -0.160. The van der Waals surface area contributed by atoms with Crippen LogP contribution in [0.3, 0.4) is 0 Å². The summed E-state index contributed by atoms with van der Waals surface area (Å²) in [5.41, 5.74) is 6.41. The average molecular weight is 629 g/mol. The number of carboxylic acid groups (broad SMARTS) is 1. The van der Waals surface area contributed by atoms with Crippen LogP contribution >= 0.6 is 0 Å². The van der Waals surface area contributed by atoms with Gasteiger partial charge in [-0.1, -0.05) is 32.0 Å². The fourth-order valence-electron chi connectivity index (χ4n) is 6.75. The Morgan fingerprint density at radius 3 is 2.41 bits per heavy atom. The van der Waals surface area contributed by atoms with Crippen molar-refractivity contribution in [3.8, 4) is 11.1 Å². The van der Waals surface area contributed by atoms with E-state index in [0.29, 0.717) is 11.3 Å². The van der Waals surface area contributed by atoms with Gasteiger partial charge in [0.05, 0.1) is 24.5 Å². The van der Waals surface area contributed by atoms with Gasteiger partial charge in [0, 0.05) is 68.5 Å². The average Bonchev–Trinajstić information content (AvgIpc) is 3.03. The first-order valence-corrected chi connectivity index (χ1v) is 16.6. The molecule has 2 aromatic heterocycles. The number of benzene rings is 1. The molecule has 0 amide bonds. The van der Waals surface area contributed by atoms with Crippen molar-refractivity contribution in [1.29, 1.82) is 0 Å². The number of aromatic nitrogens is 3. The molecular formula is C36H48N6O4. The highest BCUT2D eigenvalue weighted by Gasteiger charge is 2.36. The second-order valence-electron chi connectivity index (χ2n) is 14.6. The Bertz CT molecular complexity index is 1570. The fraction of sp³-hybridized carbons (Fsp3) is 0.556. The number of carboxylic acids is 1. The van der Waals surface area contributed by atoms with Gasteiger partial charge in [-0.3, -0.25) is 4.98 Å². The number of anilines is 3. The molecule has 1 N–H and O–H groups in total. The van der Waals surface area contributed by atoms with Crippen LogP contribution < -0.4 is 14.7 Å². The van der Waals surface area contributed by atoms with E-state index in [1.807, 2.05) is 46.2 Å². The van der Waals surface area contributed by atoms with Gasteiger partial charge in [0.25, 0.3) is 0 Å². The van der Waals surface area contributed by atoms with Crippen LogP contribution in [0.25, 0.3) is 11.1 Å². The van der Waals surface area contributed by atoms with Gasteiger partial charge in [-0.05, 0) is 75.1 Å². The Kier molecular flexibility index (Phi) is 8.95. The molecule has 3 aliphatic heterocycles. The number of ether oxygens (including phenoxy) is 2. The molecule has 0 radical (unpaired) electrons. The van der Waals surface area contributed by atoms with Gasteiger partial charge in [-0.15, -0.1) is 0 Å². The molecular weight excluding hydrogens is 580 g/mol. The molecule has 2 fully saturated rings. The van der Waals surface area contributed by atoms with Gasteiger partial charge in [-0.25, -0.2) is 9.78 Å². The molecule has 2 saturated heterocycles. The summed E-state index contributed by atoms with van der Waals surface area (Å²) in [4.78, 5) is 34.0. The normalized spacial score (nSPS) is 19.1. The number of piperidine rings is 1. The summed E-state index contributed by atoms with van der Waals surface area (Å²) >= 11 is 0. The third-order valence-electron chi connectivity index (χ3n) is 9.45. The molecule has 0 bridgehead atoms. The zero-order valence-electron chi connectivity index (χ0n) is 28.2.